The minimum absolute atomic E-state index is 0.766. The van der Waals surface area contributed by atoms with Gasteiger partial charge in [-0.3, -0.25) is 0 Å². The third kappa shape index (κ3) is 4.67. The van der Waals surface area contributed by atoms with E-state index in [4.69, 9.17) is 4.74 Å². The van der Waals surface area contributed by atoms with Crippen molar-refractivity contribution in [2.45, 2.75) is 0 Å². The Balaban J connectivity index is 1.88. The van der Waals surface area contributed by atoms with Crippen molar-refractivity contribution >= 4 is 11.3 Å². The molecule has 0 bridgehead atoms. The molecule has 2 aromatic carbocycles. The monoisotopic (exact) mass is 291 g/mol. The van der Waals surface area contributed by atoms with Crippen LogP contribution in [0.4, 0.5) is 5.69 Å². The van der Waals surface area contributed by atoms with Gasteiger partial charge in [0.15, 0.2) is 0 Å². The number of anilines is 1. The second-order valence-electron chi connectivity index (χ2n) is 4.73. The van der Waals surface area contributed by atoms with Crippen LogP contribution in [0.2, 0.25) is 0 Å². The summed E-state index contributed by atoms with van der Waals surface area (Å²) in [5.41, 5.74) is 3.35. The van der Waals surface area contributed by atoms with Gasteiger partial charge in [-0.05, 0) is 35.4 Å². The highest BCUT2D eigenvalue weighted by Crippen LogP contribution is 2.15. The SMILES string of the molecule is C=C/C(=C\C=C\CNc1ccc(OC)cc1)c1ccccc1. The van der Waals surface area contributed by atoms with Gasteiger partial charge in [0.2, 0.25) is 0 Å². The number of benzene rings is 2. The van der Waals surface area contributed by atoms with Crippen LogP contribution in [-0.4, -0.2) is 13.7 Å². The lowest BCUT2D eigenvalue weighted by atomic mass is 10.1. The van der Waals surface area contributed by atoms with Crippen molar-refractivity contribution in [1.82, 2.24) is 0 Å². The van der Waals surface area contributed by atoms with E-state index in [1.54, 1.807) is 7.11 Å². The molecule has 0 aliphatic carbocycles. The van der Waals surface area contributed by atoms with Crippen LogP contribution in [0.15, 0.2) is 85.5 Å². The molecule has 2 heteroatoms. The van der Waals surface area contributed by atoms with Crippen LogP contribution in [0.5, 0.6) is 5.75 Å². The molecule has 0 radical (unpaired) electrons. The van der Waals surface area contributed by atoms with Crippen LogP contribution in [0.3, 0.4) is 0 Å². The van der Waals surface area contributed by atoms with E-state index in [0.717, 1.165) is 23.6 Å². The Kier molecular flexibility index (Phi) is 6.06. The Hall–Kier alpha value is -2.74. The first-order valence-electron chi connectivity index (χ1n) is 7.26. The van der Waals surface area contributed by atoms with Gasteiger partial charge in [-0.15, -0.1) is 0 Å². The minimum atomic E-state index is 0.766. The van der Waals surface area contributed by atoms with Gasteiger partial charge in [-0.2, -0.15) is 0 Å². The number of methoxy groups -OCH3 is 1. The zero-order valence-electron chi connectivity index (χ0n) is 12.8. The molecule has 0 spiro atoms. The fourth-order valence-electron chi connectivity index (χ4n) is 2.04. The fraction of sp³-hybridized carbons (Fsp3) is 0.100. The highest BCUT2D eigenvalue weighted by Gasteiger charge is 1.94. The van der Waals surface area contributed by atoms with Crippen LogP contribution in [-0.2, 0) is 0 Å². The smallest absolute Gasteiger partial charge is 0.119 e. The fourth-order valence-corrected chi connectivity index (χ4v) is 2.04. The van der Waals surface area contributed by atoms with Crippen LogP contribution in [0, 0.1) is 0 Å². The molecule has 2 nitrogen and oxygen atoms in total. The summed E-state index contributed by atoms with van der Waals surface area (Å²) in [6, 6.07) is 18.1. The first-order valence-corrected chi connectivity index (χ1v) is 7.26. The van der Waals surface area contributed by atoms with Crippen LogP contribution in [0.1, 0.15) is 5.56 Å². The average molecular weight is 291 g/mol. The second kappa shape index (κ2) is 8.53. The molecular weight excluding hydrogens is 270 g/mol. The van der Waals surface area contributed by atoms with Gasteiger partial charge < -0.3 is 10.1 Å². The summed E-state index contributed by atoms with van der Waals surface area (Å²) in [6.07, 6.45) is 8.06. The molecule has 2 aromatic rings. The lowest BCUT2D eigenvalue weighted by Gasteiger charge is -2.04. The summed E-state index contributed by atoms with van der Waals surface area (Å²) in [7, 11) is 1.67. The molecule has 0 unspecified atom stereocenters. The Morgan fingerprint density at radius 1 is 1.09 bits per heavy atom. The Bertz CT molecular complexity index is 639. The van der Waals surface area contributed by atoms with Crippen LogP contribution >= 0.6 is 0 Å². The first-order chi connectivity index (χ1) is 10.8. The van der Waals surface area contributed by atoms with Crippen LogP contribution in [0.25, 0.3) is 5.57 Å². The maximum Gasteiger partial charge on any atom is 0.119 e. The maximum atomic E-state index is 5.13. The van der Waals surface area contributed by atoms with Crippen molar-refractivity contribution in [2.24, 2.45) is 0 Å². The van der Waals surface area contributed by atoms with Crippen molar-refractivity contribution < 1.29 is 4.74 Å². The Morgan fingerprint density at radius 3 is 2.45 bits per heavy atom. The molecule has 0 aliphatic rings. The molecule has 0 amide bonds. The second-order valence-corrected chi connectivity index (χ2v) is 4.73. The van der Waals surface area contributed by atoms with Crippen LogP contribution < -0.4 is 10.1 Å². The number of hydrogen-bond acceptors (Lipinski definition) is 2. The van der Waals surface area contributed by atoms with Crippen molar-refractivity contribution in [2.75, 3.05) is 19.0 Å². The van der Waals surface area contributed by atoms with E-state index in [0.29, 0.717) is 0 Å². The first kappa shape index (κ1) is 15.6. The number of rotatable bonds is 7. The van der Waals surface area contributed by atoms with E-state index < -0.39 is 0 Å². The molecule has 0 aliphatic heterocycles. The van der Waals surface area contributed by atoms with Gasteiger partial charge in [-0.1, -0.05) is 61.2 Å². The minimum Gasteiger partial charge on any atom is -0.497 e. The molecule has 0 saturated heterocycles. The van der Waals surface area contributed by atoms with Crippen molar-refractivity contribution in [1.29, 1.82) is 0 Å². The summed E-state index contributed by atoms with van der Waals surface area (Å²) in [6.45, 7) is 4.64. The van der Waals surface area contributed by atoms with Crippen molar-refractivity contribution in [3.63, 3.8) is 0 Å². The largest absolute Gasteiger partial charge is 0.497 e. The lowest BCUT2D eigenvalue weighted by Crippen LogP contribution is -1.97. The summed E-state index contributed by atoms with van der Waals surface area (Å²) in [5, 5.41) is 3.33. The number of nitrogens with one attached hydrogen (secondary N) is 1. The van der Waals surface area contributed by atoms with Gasteiger partial charge in [0.25, 0.3) is 0 Å². The van der Waals surface area contributed by atoms with E-state index in [9.17, 15) is 0 Å². The average Bonchev–Trinajstić information content (AvgIpc) is 2.59. The third-order valence-corrected chi connectivity index (χ3v) is 3.25. The molecule has 0 fully saturated rings. The molecule has 0 heterocycles. The van der Waals surface area contributed by atoms with Gasteiger partial charge in [0.05, 0.1) is 7.11 Å². The molecule has 0 saturated carbocycles. The predicted octanol–water partition coefficient (Wildman–Crippen LogP) is 4.93. The highest BCUT2D eigenvalue weighted by molar-refractivity contribution is 5.74. The number of hydrogen-bond donors (Lipinski definition) is 1. The summed E-state index contributed by atoms with van der Waals surface area (Å²) >= 11 is 0. The standard InChI is InChI=1S/C20H21NO/c1-3-17(18-10-5-4-6-11-18)9-7-8-16-21-19-12-14-20(22-2)15-13-19/h3-15,21H,1,16H2,2H3/b8-7+,17-9+. The Morgan fingerprint density at radius 2 is 1.82 bits per heavy atom. The zero-order valence-corrected chi connectivity index (χ0v) is 12.8. The lowest BCUT2D eigenvalue weighted by molar-refractivity contribution is 0.415. The van der Waals surface area contributed by atoms with Gasteiger partial charge in [-0.25, -0.2) is 0 Å². The molecular formula is C20H21NO. The van der Waals surface area contributed by atoms with E-state index in [2.05, 4.69) is 36.2 Å². The quantitative estimate of drug-likeness (QED) is 0.730. The Labute approximate surface area is 132 Å². The molecule has 0 aromatic heterocycles. The van der Waals surface area contributed by atoms with E-state index in [1.807, 2.05) is 54.6 Å². The molecule has 0 atom stereocenters. The number of ether oxygens (including phenoxy) is 1. The highest BCUT2D eigenvalue weighted by atomic mass is 16.5. The topological polar surface area (TPSA) is 21.3 Å². The van der Waals surface area contributed by atoms with Gasteiger partial charge >= 0.3 is 0 Å². The van der Waals surface area contributed by atoms with Gasteiger partial charge in [0, 0.05) is 12.2 Å². The van der Waals surface area contributed by atoms with Crippen molar-refractivity contribution in [3.05, 3.63) is 91.0 Å². The third-order valence-electron chi connectivity index (χ3n) is 3.25. The molecule has 112 valence electrons. The summed E-state index contributed by atoms with van der Waals surface area (Å²) < 4.78 is 5.13. The van der Waals surface area contributed by atoms with E-state index in [-0.39, 0.29) is 0 Å². The van der Waals surface area contributed by atoms with E-state index >= 15 is 0 Å². The summed E-state index contributed by atoms with van der Waals surface area (Å²) in [4.78, 5) is 0. The normalized spacial score (nSPS) is 11.4. The van der Waals surface area contributed by atoms with E-state index in [1.165, 1.54) is 5.56 Å². The maximum absolute atomic E-state index is 5.13. The zero-order chi connectivity index (χ0) is 15.6. The predicted molar refractivity (Wildman–Crippen MR) is 95.2 cm³/mol. The van der Waals surface area contributed by atoms with Crippen molar-refractivity contribution in [3.8, 4) is 5.75 Å². The molecule has 2 rings (SSSR count). The molecule has 1 N–H and O–H groups in total. The molecule has 22 heavy (non-hydrogen) atoms. The number of allylic oxidation sites excluding steroid dienone is 4. The van der Waals surface area contributed by atoms with Gasteiger partial charge in [0.1, 0.15) is 5.75 Å². The summed E-state index contributed by atoms with van der Waals surface area (Å²) in [5.74, 6) is 0.863.